The minimum Gasteiger partial charge on any atom is -0.468 e. The molecule has 11 heteroatoms. The predicted molar refractivity (Wildman–Crippen MR) is 105 cm³/mol. The van der Waals surface area contributed by atoms with Crippen LogP contribution in [0.5, 0.6) is 5.88 Å². The zero-order valence-electron chi connectivity index (χ0n) is 16.3. The summed E-state index contributed by atoms with van der Waals surface area (Å²) in [5.41, 5.74) is 1.15. The third kappa shape index (κ3) is 7.46. The topological polar surface area (TPSA) is 92.5 Å². The molecule has 164 valence electrons. The van der Waals surface area contributed by atoms with E-state index in [4.69, 9.17) is 21.6 Å². The Bertz CT molecular complexity index is 975. The van der Waals surface area contributed by atoms with Crippen LogP contribution in [-0.2, 0) is 9.53 Å². The third-order valence-corrected chi connectivity index (χ3v) is 4.31. The number of ether oxygens (including phenoxy) is 2. The Labute approximate surface area is 180 Å². The summed E-state index contributed by atoms with van der Waals surface area (Å²) >= 11 is 6.00. The number of rotatable bonds is 8. The highest BCUT2D eigenvalue weighted by atomic mass is 35.5. The van der Waals surface area contributed by atoms with Crippen LogP contribution in [0, 0.1) is 18.3 Å². The molecule has 0 aliphatic carbocycles. The van der Waals surface area contributed by atoms with E-state index in [1.165, 1.54) is 11.0 Å². The van der Waals surface area contributed by atoms with Crippen LogP contribution in [0.4, 0.5) is 18.9 Å². The first kappa shape index (κ1) is 24.0. The van der Waals surface area contributed by atoms with E-state index in [0.29, 0.717) is 10.7 Å². The van der Waals surface area contributed by atoms with Crippen molar-refractivity contribution < 1.29 is 32.2 Å². The molecule has 0 aliphatic heterocycles. The van der Waals surface area contributed by atoms with Crippen LogP contribution in [0.2, 0.25) is 5.02 Å². The SMILES string of the molecule is Cc1cc(N(CCC#N)C(=O)COC(=O)c2ccc(OCC(F)(F)F)nc2)ccc1Cl. The van der Waals surface area contributed by atoms with Gasteiger partial charge in [-0.1, -0.05) is 11.6 Å². The molecule has 0 fully saturated rings. The van der Waals surface area contributed by atoms with Crippen LogP contribution < -0.4 is 9.64 Å². The van der Waals surface area contributed by atoms with Gasteiger partial charge < -0.3 is 14.4 Å². The normalized spacial score (nSPS) is 10.8. The molecule has 2 aromatic rings. The Morgan fingerprint density at radius 3 is 2.58 bits per heavy atom. The average Bonchev–Trinajstić information content (AvgIpc) is 2.73. The monoisotopic (exact) mass is 455 g/mol. The maximum Gasteiger partial charge on any atom is 0.422 e. The number of benzene rings is 1. The molecular formula is C20H17ClF3N3O4. The Kier molecular flexibility index (Phi) is 8.22. The standard InChI is InChI=1S/C20H17ClF3N3O4/c1-13-9-15(4-5-16(13)21)27(8-2-7-25)18(28)11-30-19(29)14-3-6-17(26-10-14)31-12-20(22,23)24/h3-6,9-10H,2,8,11-12H2,1H3. The quantitative estimate of drug-likeness (QED) is 0.557. The molecule has 0 bridgehead atoms. The molecule has 0 N–H and O–H groups in total. The fraction of sp³-hybridized carbons (Fsp3) is 0.300. The molecule has 0 radical (unpaired) electrons. The van der Waals surface area contributed by atoms with Gasteiger partial charge in [-0.25, -0.2) is 9.78 Å². The van der Waals surface area contributed by atoms with Gasteiger partial charge in [0.25, 0.3) is 5.91 Å². The molecule has 1 aromatic heterocycles. The van der Waals surface area contributed by atoms with Crippen LogP contribution >= 0.6 is 11.6 Å². The Balaban J connectivity index is 2.00. The van der Waals surface area contributed by atoms with E-state index in [1.54, 1.807) is 25.1 Å². The summed E-state index contributed by atoms with van der Waals surface area (Å²) in [5.74, 6) is -1.77. The van der Waals surface area contributed by atoms with Gasteiger partial charge >= 0.3 is 12.1 Å². The van der Waals surface area contributed by atoms with Gasteiger partial charge in [-0.2, -0.15) is 18.4 Å². The third-order valence-electron chi connectivity index (χ3n) is 3.88. The van der Waals surface area contributed by atoms with Gasteiger partial charge in [-0.3, -0.25) is 4.79 Å². The zero-order valence-corrected chi connectivity index (χ0v) is 17.0. The molecular weight excluding hydrogens is 439 g/mol. The Hall–Kier alpha value is -3.32. The van der Waals surface area contributed by atoms with Crippen LogP contribution in [0.3, 0.4) is 0 Å². The number of carbonyl (C=O) groups is 2. The minimum atomic E-state index is -4.51. The van der Waals surface area contributed by atoms with Gasteiger partial charge in [0.1, 0.15) is 0 Å². The lowest BCUT2D eigenvalue weighted by atomic mass is 10.2. The lowest BCUT2D eigenvalue weighted by molar-refractivity contribution is -0.154. The van der Waals surface area contributed by atoms with Crippen LogP contribution in [0.15, 0.2) is 36.5 Å². The number of amides is 1. The zero-order chi connectivity index (χ0) is 23.0. The number of esters is 1. The molecule has 0 saturated carbocycles. The van der Waals surface area contributed by atoms with E-state index in [0.717, 1.165) is 17.8 Å². The number of carbonyl (C=O) groups excluding carboxylic acids is 2. The van der Waals surface area contributed by atoms with Gasteiger partial charge in [-0.05, 0) is 36.8 Å². The number of anilines is 1. The summed E-state index contributed by atoms with van der Waals surface area (Å²) in [4.78, 5) is 29.6. The van der Waals surface area contributed by atoms with Crippen molar-refractivity contribution in [3.63, 3.8) is 0 Å². The summed E-state index contributed by atoms with van der Waals surface area (Å²) in [6.07, 6.45) is -3.47. The van der Waals surface area contributed by atoms with Gasteiger partial charge in [0, 0.05) is 29.5 Å². The van der Waals surface area contributed by atoms with Crippen molar-refractivity contribution in [1.29, 1.82) is 5.26 Å². The molecule has 1 amide bonds. The molecule has 0 aliphatic rings. The number of aryl methyl sites for hydroxylation is 1. The minimum absolute atomic E-state index is 0.0602. The number of alkyl halides is 3. The Morgan fingerprint density at radius 1 is 1.26 bits per heavy atom. The van der Waals surface area contributed by atoms with E-state index in [1.807, 2.05) is 6.07 Å². The largest absolute Gasteiger partial charge is 0.468 e. The van der Waals surface area contributed by atoms with E-state index in [-0.39, 0.29) is 24.4 Å². The Morgan fingerprint density at radius 2 is 2.00 bits per heavy atom. The molecule has 1 aromatic carbocycles. The molecule has 31 heavy (non-hydrogen) atoms. The summed E-state index contributed by atoms with van der Waals surface area (Å²) in [6, 6.07) is 9.08. The first-order valence-electron chi connectivity index (χ1n) is 8.87. The number of nitrogens with zero attached hydrogens (tertiary/aromatic N) is 3. The van der Waals surface area contributed by atoms with Crippen molar-refractivity contribution >= 4 is 29.2 Å². The smallest absolute Gasteiger partial charge is 0.422 e. The van der Waals surface area contributed by atoms with Gasteiger partial charge in [0.05, 0.1) is 18.1 Å². The van der Waals surface area contributed by atoms with Gasteiger partial charge in [0.15, 0.2) is 13.2 Å². The van der Waals surface area contributed by atoms with Crippen molar-refractivity contribution in [3.05, 3.63) is 52.7 Å². The van der Waals surface area contributed by atoms with E-state index in [9.17, 15) is 22.8 Å². The molecule has 0 atom stereocenters. The number of pyridine rings is 1. The van der Waals surface area contributed by atoms with Crippen LogP contribution in [0.25, 0.3) is 0 Å². The number of halogens is 4. The molecule has 0 saturated heterocycles. The highest BCUT2D eigenvalue weighted by Crippen LogP contribution is 2.23. The first-order valence-corrected chi connectivity index (χ1v) is 9.24. The first-order chi connectivity index (χ1) is 14.6. The lowest BCUT2D eigenvalue weighted by Crippen LogP contribution is -2.35. The van der Waals surface area contributed by atoms with Crippen molar-refractivity contribution in [2.75, 3.05) is 24.7 Å². The van der Waals surface area contributed by atoms with Crippen molar-refractivity contribution in [1.82, 2.24) is 4.98 Å². The summed E-state index contributed by atoms with van der Waals surface area (Å²) < 4.78 is 45.9. The number of hydrogen-bond donors (Lipinski definition) is 0. The highest BCUT2D eigenvalue weighted by molar-refractivity contribution is 6.31. The predicted octanol–water partition coefficient (Wildman–Crippen LogP) is 4.09. The molecule has 0 unspecified atom stereocenters. The second-order valence-electron chi connectivity index (χ2n) is 6.25. The fourth-order valence-corrected chi connectivity index (χ4v) is 2.50. The second kappa shape index (κ2) is 10.6. The summed E-state index contributed by atoms with van der Waals surface area (Å²) in [5, 5.41) is 9.35. The summed E-state index contributed by atoms with van der Waals surface area (Å²) in [7, 11) is 0. The van der Waals surface area contributed by atoms with Crippen LogP contribution in [-0.4, -0.2) is 42.8 Å². The van der Waals surface area contributed by atoms with Gasteiger partial charge in [-0.15, -0.1) is 0 Å². The maximum atomic E-state index is 12.6. The lowest BCUT2D eigenvalue weighted by Gasteiger charge is -2.22. The molecule has 0 spiro atoms. The molecule has 2 rings (SSSR count). The van der Waals surface area contributed by atoms with E-state index >= 15 is 0 Å². The van der Waals surface area contributed by atoms with Crippen molar-refractivity contribution in [3.8, 4) is 11.9 Å². The molecule has 7 nitrogen and oxygen atoms in total. The maximum absolute atomic E-state index is 12.6. The summed E-state index contributed by atoms with van der Waals surface area (Å²) in [6.45, 7) is -0.284. The highest BCUT2D eigenvalue weighted by Gasteiger charge is 2.28. The van der Waals surface area contributed by atoms with Gasteiger partial charge in [0.2, 0.25) is 5.88 Å². The van der Waals surface area contributed by atoms with Crippen LogP contribution in [0.1, 0.15) is 22.3 Å². The second-order valence-corrected chi connectivity index (χ2v) is 6.66. The van der Waals surface area contributed by atoms with E-state index < -0.39 is 31.3 Å². The number of hydrogen-bond acceptors (Lipinski definition) is 6. The number of nitriles is 1. The number of aromatic nitrogens is 1. The average molecular weight is 456 g/mol. The molecule has 1 heterocycles. The van der Waals surface area contributed by atoms with Crippen molar-refractivity contribution in [2.45, 2.75) is 19.5 Å². The van der Waals surface area contributed by atoms with E-state index in [2.05, 4.69) is 9.72 Å². The van der Waals surface area contributed by atoms with Crippen molar-refractivity contribution in [2.24, 2.45) is 0 Å². The fourth-order valence-electron chi connectivity index (χ4n) is 2.39.